The Morgan fingerprint density at radius 3 is 2.33 bits per heavy atom. The number of anilines is 1. The summed E-state index contributed by atoms with van der Waals surface area (Å²) in [6.07, 6.45) is -0.294. The normalized spacial score (nSPS) is 10.0. The summed E-state index contributed by atoms with van der Waals surface area (Å²) in [4.78, 5) is 33.7. The molecule has 8 nitrogen and oxygen atoms in total. The van der Waals surface area contributed by atoms with E-state index in [9.17, 15) is 28.5 Å². The Labute approximate surface area is 152 Å². The van der Waals surface area contributed by atoms with Gasteiger partial charge < -0.3 is 10.7 Å². The highest BCUT2D eigenvalue weighted by molar-refractivity contribution is 5.94. The number of carbonyl (C=O) groups is 2. The van der Waals surface area contributed by atoms with Gasteiger partial charge in [0.05, 0.1) is 17.0 Å². The topological polar surface area (TPSA) is 113 Å². The van der Waals surface area contributed by atoms with Gasteiger partial charge in [-0.15, -0.1) is 0 Å². The molecule has 0 heterocycles. The van der Waals surface area contributed by atoms with Crippen LogP contribution in [0.2, 0.25) is 0 Å². The predicted octanol–water partition coefficient (Wildman–Crippen LogP) is 2.65. The van der Waals surface area contributed by atoms with Crippen LogP contribution < -0.4 is 16.2 Å². The molecule has 0 atom stereocenters. The molecule has 10 heteroatoms. The van der Waals surface area contributed by atoms with E-state index in [-0.39, 0.29) is 29.1 Å². The standard InChI is InChI=1S/C17H14F2N4O4/c1-10(8-16(24)20-15-7-4-12(18)9-14(15)19)21-22-17(25)11-2-5-13(6-3-11)23(26)27/h2-7,9,21H,1,8H2,(H,20,24)(H,22,25). The van der Waals surface area contributed by atoms with Crippen LogP contribution in [0, 0.1) is 21.7 Å². The summed E-state index contributed by atoms with van der Waals surface area (Å²) in [6.45, 7) is 3.55. The molecule has 0 aliphatic carbocycles. The van der Waals surface area contributed by atoms with E-state index in [1.54, 1.807) is 0 Å². The quantitative estimate of drug-likeness (QED) is 0.508. The number of nitro groups is 1. The zero-order valence-electron chi connectivity index (χ0n) is 13.8. The molecular weight excluding hydrogens is 362 g/mol. The summed E-state index contributed by atoms with van der Waals surface area (Å²) in [5.74, 6) is -2.93. The largest absolute Gasteiger partial charge is 0.323 e. The zero-order chi connectivity index (χ0) is 20.0. The second-order valence-corrected chi connectivity index (χ2v) is 5.34. The number of nitrogens with zero attached hydrogens (tertiary/aromatic N) is 1. The van der Waals surface area contributed by atoms with Crippen molar-refractivity contribution in [1.29, 1.82) is 0 Å². The summed E-state index contributed by atoms with van der Waals surface area (Å²) in [5, 5.41) is 12.8. The highest BCUT2D eigenvalue weighted by Crippen LogP contribution is 2.15. The van der Waals surface area contributed by atoms with E-state index in [4.69, 9.17) is 0 Å². The second-order valence-electron chi connectivity index (χ2n) is 5.34. The molecule has 0 radical (unpaired) electrons. The maximum Gasteiger partial charge on any atom is 0.269 e. The first-order chi connectivity index (χ1) is 12.8. The number of nitro benzene ring substituents is 1. The Morgan fingerprint density at radius 2 is 1.74 bits per heavy atom. The number of halogens is 2. The summed E-state index contributed by atoms with van der Waals surface area (Å²) < 4.78 is 26.3. The van der Waals surface area contributed by atoms with Crippen molar-refractivity contribution in [3.05, 3.63) is 82.1 Å². The van der Waals surface area contributed by atoms with E-state index < -0.39 is 28.4 Å². The van der Waals surface area contributed by atoms with E-state index in [0.29, 0.717) is 6.07 Å². The monoisotopic (exact) mass is 376 g/mol. The van der Waals surface area contributed by atoms with Gasteiger partial charge in [-0.2, -0.15) is 0 Å². The molecule has 0 fully saturated rings. The molecule has 0 saturated heterocycles. The number of rotatable bonds is 7. The van der Waals surface area contributed by atoms with Crippen molar-refractivity contribution in [1.82, 2.24) is 10.9 Å². The van der Waals surface area contributed by atoms with Crippen molar-refractivity contribution in [2.45, 2.75) is 6.42 Å². The molecule has 3 N–H and O–H groups in total. The summed E-state index contributed by atoms with van der Waals surface area (Å²) in [7, 11) is 0. The molecule has 0 aliphatic rings. The highest BCUT2D eigenvalue weighted by Gasteiger charge is 2.12. The van der Waals surface area contributed by atoms with Gasteiger partial charge in [-0.1, -0.05) is 6.58 Å². The van der Waals surface area contributed by atoms with Crippen LogP contribution >= 0.6 is 0 Å². The van der Waals surface area contributed by atoms with Crippen LogP contribution in [0.25, 0.3) is 0 Å². The lowest BCUT2D eigenvalue weighted by Gasteiger charge is -2.11. The van der Waals surface area contributed by atoms with Gasteiger partial charge in [-0.05, 0) is 24.3 Å². The summed E-state index contributed by atoms with van der Waals surface area (Å²) in [6, 6.07) is 7.59. The number of nitrogens with one attached hydrogen (secondary N) is 3. The maximum atomic E-state index is 13.5. The van der Waals surface area contributed by atoms with Crippen LogP contribution in [0.1, 0.15) is 16.8 Å². The van der Waals surface area contributed by atoms with Crippen LogP contribution in [0.15, 0.2) is 54.7 Å². The van der Waals surface area contributed by atoms with Crippen LogP contribution in [0.3, 0.4) is 0 Å². The number of hydrogen-bond acceptors (Lipinski definition) is 5. The molecule has 2 aromatic carbocycles. The first kappa shape index (κ1) is 19.5. The highest BCUT2D eigenvalue weighted by atomic mass is 19.1. The van der Waals surface area contributed by atoms with Gasteiger partial charge in [0.2, 0.25) is 5.91 Å². The van der Waals surface area contributed by atoms with Gasteiger partial charge in [-0.25, -0.2) is 8.78 Å². The average Bonchev–Trinajstić information content (AvgIpc) is 2.62. The lowest BCUT2D eigenvalue weighted by molar-refractivity contribution is -0.384. The first-order valence-corrected chi connectivity index (χ1v) is 7.50. The minimum absolute atomic E-state index is 0.102. The molecule has 0 spiro atoms. The fourth-order valence-electron chi connectivity index (χ4n) is 1.98. The van der Waals surface area contributed by atoms with Crippen molar-refractivity contribution < 1.29 is 23.3 Å². The number of benzene rings is 2. The van der Waals surface area contributed by atoms with Gasteiger partial charge in [-0.3, -0.25) is 25.1 Å². The number of non-ortho nitro benzene ring substituents is 1. The Hall–Kier alpha value is -3.82. The lowest BCUT2D eigenvalue weighted by Crippen LogP contribution is -2.37. The Bertz CT molecular complexity index is 900. The first-order valence-electron chi connectivity index (χ1n) is 7.50. The smallest absolute Gasteiger partial charge is 0.269 e. The number of amides is 2. The number of carbonyl (C=O) groups excluding carboxylic acids is 2. The van der Waals surface area contributed by atoms with Crippen molar-refractivity contribution >= 4 is 23.2 Å². The fraction of sp³-hybridized carbons (Fsp3) is 0.0588. The fourth-order valence-corrected chi connectivity index (χ4v) is 1.98. The number of hydrazine groups is 1. The molecule has 0 aromatic heterocycles. The van der Waals surface area contributed by atoms with Crippen molar-refractivity contribution in [3.8, 4) is 0 Å². The van der Waals surface area contributed by atoms with Crippen molar-refractivity contribution in [3.63, 3.8) is 0 Å². The van der Waals surface area contributed by atoms with E-state index in [0.717, 1.165) is 12.1 Å². The van der Waals surface area contributed by atoms with Gasteiger partial charge >= 0.3 is 0 Å². The minimum atomic E-state index is -0.923. The third-order valence-corrected chi connectivity index (χ3v) is 3.27. The third-order valence-electron chi connectivity index (χ3n) is 3.27. The molecule has 0 unspecified atom stereocenters. The Morgan fingerprint density at radius 1 is 1.07 bits per heavy atom. The summed E-state index contributed by atoms with van der Waals surface area (Å²) in [5.41, 5.74) is 4.59. The zero-order valence-corrected chi connectivity index (χ0v) is 13.8. The SMILES string of the molecule is C=C(CC(=O)Nc1ccc(F)cc1F)NNC(=O)c1ccc([N+](=O)[O-])cc1. The van der Waals surface area contributed by atoms with Crippen LogP contribution in [-0.4, -0.2) is 16.7 Å². The van der Waals surface area contributed by atoms with Crippen molar-refractivity contribution in [2.75, 3.05) is 5.32 Å². The number of hydrogen-bond donors (Lipinski definition) is 3. The second kappa shape index (κ2) is 8.52. The van der Waals surface area contributed by atoms with E-state index in [1.165, 1.54) is 24.3 Å². The Balaban J connectivity index is 1.83. The molecule has 0 bridgehead atoms. The van der Waals surface area contributed by atoms with Crippen molar-refractivity contribution in [2.24, 2.45) is 0 Å². The molecule has 2 rings (SSSR count). The minimum Gasteiger partial charge on any atom is -0.323 e. The van der Waals surface area contributed by atoms with Gasteiger partial charge in [0, 0.05) is 29.5 Å². The third kappa shape index (κ3) is 5.59. The molecule has 27 heavy (non-hydrogen) atoms. The molecule has 2 amide bonds. The molecule has 0 saturated carbocycles. The van der Waals surface area contributed by atoms with Crippen LogP contribution in [-0.2, 0) is 4.79 Å². The lowest BCUT2D eigenvalue weighted by atomic mass is 10.2. The van der Waals surface area contributed by atoms with E-state index in [1.807, 2.05) is 0 Å². The van der Waals surface area contributed by atoms with Gasteiger partial charge in [0.1, 0.15) is 11.6 Å². The van der Waals surface area contributed by atoms with E-state index >= 15 is 0 Å². The summed E-state index contributed by atoms with van der Waals surface area (Å²) >= 11 is 0. The van der Waals surface area contributed by atoms with Crippen LogP contribution in [0.4, 0.5) is 20.2 Å². The molecular formula is C17H14F2N4O4. The van der Waals surface area contributed by atoms with Crippen LogP contribution in [0.5, 0.6) is 0 Å². The molecule has 0 aliphatic heterocycles. The average molecular weight is 376 g/mol. The Kier molecular flexibility index (Phi) is 6.15. The van der Waals surface area contributed by atoms with Gasteiger partial charge in [0.25, 0.3) is 11.6 Å². The maximum absolute atomic E-state index is 13.5. The molecule has 2 aromatic rings. The van der Waals surface area contributed by atoms with E-state index in [2.05, 4.69) is 22.7 Å². The van der Waals surface area contributed by atoms with Gasteiger partial charge in [0.15, 0.2) is 0 Å². The molecule has 140 valence electrons. The predicted molar refractivity (Wildman–Crippen MR) is 92.4 cm³/mol.